The summed E-state index contributed by atoms with van der Waals surface area (Å²) in [5.41, 5.74) is 2.05. The van der Waals surface area contributed by atoms with E-state index in [2.05, 4.69) is 56.5 Å². The highest BCUT2D eigenvalue weighted by Gasteiger charge is 2.38. The van der Waals surface area contributed by atoms with E-state index in [1.165, 1.54) is 12.8 Å². The summed E-state index contributed by atoms with van der Waals surface area (Å²) < 4.78 is 46.3. The van der Waals surface area contributed by atoms with E-state index in [0.717, 1.165) is 55.5 Å². The van der Waals surface area contributed by atoms with E-state index < -0.39 is 11.7 Å². The van der Waals surface area contributed by atoms with Crippen molar-refractivity contribution in [3.8, 4) is 0 Å². The summed E-state index contributed by atoms with van der Waals surface area (Å²) in [7, 11) is 2.21. The van der Waals surface area contributed by atoms with Crippen molar-refractivity contribution >= 4 is 29.2 Å². The third kappa shape index (κ3) is 6.37. The van der Waals surface area contributed by atoms with Crippen molar-refractivity contribution in [2.75, 3.05) is 61.9 Å². The van der Waals surface area contributed by atoms with E-state index in [9.17, 15) is 18.0 Å². The molecule has 2 bridgehead atoms. The molecule has 3 fully saturated rings. The average molecular weight is 562 g/mol. The number of halogens is 3. The van der Waals surface area contributed by atoms with Crippen LogP contribution in [0.1, 0.15) is 50.2 Å². The smallest absolute Gasteiger partial charge is 0.421 e. The van der Waals surface area contributed by atoms with E-state index in [0.29, 0.717) is 38.2 Å². The highest BCUT2D eigenvalue weighted by molar-refractivity contribution is 5.68. The maximum Gasteiger partial charge on any atom is 0.421 e. The second-order valence-electron chi connectivity index (χ2n) is 10.8. The summed E-state index contributed by atoms with van der Waals surface area (Å²) in [6.45, 7) is 5.65. The van der Waals surface area contributed by atoms with Gasteiger partial charge in [-0.3, -0.25) is 4.90 Å². The summed E-state index contributed by atoms with van der Waals surface area (Å²) in [6, 6.07) is 7.33. The van der Waals surface area contributed by atoms with Crippen LogP contribution in [0.25, 0.3) is 0 Å². The predicted molar refractivity (Wildman–Crippen MR) is 148 cm³/mol. The standard InChI is InChI=1S/C28H38F3N7O2/c1-3-19-15-20(38-17-21-7-8-22(18-38)36(21)2)9-10-24(19)34-26-33-16-23(28(29,30)31)25(35-26)32-11-6-13-37-12-4-5-14-40-27(37)39/h9-10,15-16,21-22H,3-8,11-14,17-18H2,1-2H3,(H2,32,33,34,35)/t21-,22+. The van der Waals surface area contributed by atoms with Gasteiger partial charge in [-0.05, 0) is 69.3 Å². The first kappa shape index (κ1) is 28.3. The number of carbonyl (C=O) groups excluding carboxylic acids is 1. The van der Waals surface area contributed by atoms with Crippen molar-refractivity contribution in [3.63, 3.8) is 0 Å². The third-order valence-corrected chi connectivity index (χ3v) is 8.23. The minimum atomic E-state index is -4.60. The van der Waals surface area contributed by atoms with E-state index in [1.54, 1.807) is 4.90 Å². The fourth-order valence-corrected chi connectivity index (χ4v) is 5.85. The van der Waals surface area contributed by atoms with Gasteiger partial charge < -0.3 is 25.2 Å². The zero-order valence-corrected chi connectivity index (χ0v) is 23.1. The predicted octanol–water partition coefficient (Wildman–Crippen LogP) is 5.12. The molecule has 3 saturated heterocycles. The van der Waals surface area contributed by atoms with Crippen LogP contribution in [0.4, 0.5) is 41.1 Å². The fourth-order valence-electron chi connectivity index (χ4n) is 5.85. The highest BCUT2D eigenvalue weighted by Crippen LogP contribution is 2.36. The van der Waals surface area contributed by atoms with E-state index in [1.807, 2.05) is 6.07 Å². The largest absolute Gasteiger partial charge is 0.449 e. The lowest BCUT2D eigenvalue weighted by Crippen LogP contribution is -2.52. The molecule has 2 atom stereocenters. The molecule has 0 saturated carbocycles. The van der Waals surface area contributed by atoms with Crippen LogP contribution < -0.4 is 15.5 Å². The number of anilines is 4. The average Bonchev–Trinajstić information content (AvgIpc) is 3.09. The van der Waals surface area contributed by atoms with Crippen molar-refractivity contribution in [3.05, 3.63) is 35.5 Å². The third-order valence-electron chi connectivity index (χ3n) is 8.23. The Morgan fingerprint density at radius 1 is 1.15 bits per heavy atom. The first-order valence-electron chi connectivity index (χ1n) is 14.2. The van der Waals surface area contributed by atoms with Gasteiger partial charge in [-0.2, -0.15) is 18.2 Å². The number of aryl methyl sites for hydroxylation is 1. The Balaban J connectivity index is 1.26. The molecule has 3 aliphatic heterocycles. The number of ether oxygens (including phenoxy) is 1. The number of benzene rings is 1. The summed E-state index contributed by atoms with van der Waals surface area (Å²) in [5, 5.41) is 5.95. The van der Waals surface area contributed by atoms with Gasteiger partial charge in [0.2, 0.25) is 5.95 Å². The lowest BCUT2D eigenvalue weighted by Gasteiger charge is -2.40. The number of hydrogen-bond donors (Lipinski definition) is 2. The number of likely N-dealkylation sites (N-methyl/N-ethyl adjacent to an activating group) is 1. The molecule has 40 heavy (non-hydrogen) atoms. The Morgan fingerprint density at radius 3 is 2.65 bits per heavy atom. The quantitative estimate of drug-likeness (QED) is 0.408. The van der Waals surface area contributed by atoms with Crippen LogP contribution in [0, 0.1) is 0 Å². The SMILES string of the molecule is CCc1cc(N2C[C@H]3CC[C@@H](C2)N3C)ccc1Nc1ncc(C(F)(F)F)c(NCCCN2CCCCOC2=O)n1. The fraction of sp³-hybridized carbons (Fsp3) is 0.607. The highest BCUT2D eigenvalue weighted by atomic mass is 19.4. The van der Waals surface area contributed by atoms with Gasteiger partial charge in [0, 0.05) is 62.4 Å². The molecule has 3 aliphatic rings. The monoisotopic (exact) mass is 561 g/mol. The van der Waals surface area contributed by atoms with Crippen LogP contribution >= 0.6 is 0 Å². The zero-order valence-electron chi connectivity index (χ0n) is 23.1. The first-order chi connectivity index (χ1) is 19.2. The van der Waals surface area contributed by atoms with Gasteiger partial charge in [0.15, 0.2) is 0 Å². The summed E-state index contributed by atoms with van der Waals surface area (Å²) in [4.78, 5) is 26.7. The Morgan fingerprint density at radius 2 is 1.93 bits per heavy atom. The molecule has 0 unspecified atom stereocenters. The molecule has 0 aliphatic carbocycles. The molecule has 12 heteroatoms. The molecule has 0 spiro atoms. The van der Waals surface area contributed by atoms with Gasteiger partial charge in [0.1, 0.15) is 11.4 Å². The van der Waals surface area contributed by atoms with E-state index in [-0.39, 0.29) is 24.4 Å². The normalized spacial score (nSPS) is 21.8. The van der Waals surface area contributed by atoms with Gasteiger partial charge in [0.25, 0.3) is 0 Å². The number of nitrogens with one attached hydrogen (secondary N) is 2. The number of amides is 1. The van der Waals surface area contributed by atoms with Gasteiger partial charge in [0.05, 0.1) is 6.61 Å². The lowest BCUT2D eigenvalue weighted by molar-refractivity contribution is -0.137. The molecule has 1 aromatic heterocycles. The maximum absolute atomic E-state index is 13.7. The van der Waals surface area contributed by atoms with Gasteiger partial charge >= 0.3 is 12.3 Å². The van der Waals surface area contributed by atoms with Crippen LogP contribution in [0.15, 0.2) is 24.4 Å². The second-order valence-corrected chi connectivity index (χ2v) is 10.8. The van der Waals surface area contributed by atoms with Crippen LogP contribution in [-0.4, -0.2) is 84.3 Å². The molecule has 0 radical (unpaired) electrons. The van der Waals surface area contributed by atoms with Crippen LogP contribution in [-0.2, 0) is 17.3 Å². The van der Waals surface area contributed by atoms with Crippen LogP contribution in [0.3, 0.4) is 0 Å². The Labute approximate surface area is 233 Å². The molecule has 1 amide bonds. The van der Waals surface area contributed by atoms with Crippen molar-refractivity contribution in [2.24, 2.45) is 0 Å². The number of nitrogens with zero attached hydrogens (tertiary/aromatic N) is 5. The number of cyclic esters (lactones) is 1. The summed E-state index contributed by atoms with van der Waals surface area (Å²) in [6.07, 6.45) is 1.14. The number of piperazine rings is 1. The number of hydrogen-bond acceptors (Lipinski definition) is 8. The number of fused-ring (bicyclic) bond motifs is 2. The molecule has 2 N–H and O–H groups in total. The van der Waals surface area contributed by atoms with E-state index in [4.69, 9.17) is 4.74 Å². The van der Waals surface area contributed by atoms with Crippen molar-refractivity contribution in [1.29, 1.82) is 0 Å². The molecule has 9 nitrogen and oxygen atoms in total. The van der Waals surface area contributed by atoms with Gasteiger partial charge in [-0.15, -0.1) is 0 Å². The van der Waals surface area contributed by atoms with Gasteiger partial charge in [-0.1, -0.05) is 6.92 Å². The van der Waals surface area contributed by atoms with Gasteiger partial charge in [-0.25, -0.2) is 9.78 Å². The number of carbonyl (C=O) groups is 1. The number of alkyl halides is 3. The minimum absolute atomic E-state index is 0.0895. The van der Waals surface area contributed by atoms with Crippen molar-refractivity contribution in [2.45, 2.75) is 63.7 Å². The first-order valence-corrected chi connectivity index (χ1v) is 14.2. The summed E-state index contributed by atoms with van der Waals surface area (Å²) >= 11 is 0. The van der Waals surface area contributed by atoms with Crippen molar-refractivity contribution in [1.82, 2.24) is 19.8 Å². The Hall–Kier alpha value is -3.28. The number of aromatic nitrogens is 2. The zero-order chi connectivity index (χ0) is 28.3. The Kier molecular flexibility index (Phi) is 8.53. The lowest BCUT2D eigenvalue weighted by atomic mass is 10.1. The summed E-state index contributed by atoms with van der Waals surface area (Å²) in [5.74, 6) is -0.197. The molecule has 4 heterocycles. The van der Waals surface area contributed by atoms with Crippen LogP contribution in [0.2, 0.25) is 0 Å². The molecule has 1 aromatic carbocycles. The Bertz CT molecular complexity index is 1180. The topological polar surface area (TPSA) is 85.9 Å². The molecule has 218 valence electrons. The molecule has 2 aromatic rings. The number of rotatable bonds is 9. The van der Waals surface area contributed by atoms with Crippen molar-refractivity contribution < 1.29 is 22.7 Å². The molecule has 5 rings (SSSR count). The minimum Gasteiger partial charge on any atom is -0.449 e. The maximum atomic E-state index is 13.7. The molecular formula is C28H38F3N7O2. The van der Waals surface area contributed by atoms with E-state index >= 15 is 0 Å². The second kappa shape index (κ2) is 12.1. The van der Waals surface area contributed by atoms with Crippen LogP contribution in [0.5, 0.6) is 0 Å². The molecular weight excluding hydrogens is 523 g/mol.